The number of hydrogen-bond acceptors (Lipinski definition) is 3. The molecule has 2 rings (SSSR count). The smallest absolute Gasteiger partial charge is 0.266 e. The lowest BCUT2D eigenvalue weighted by Gasteiger charge is -2.10. The highest BCUT2D eigenvalue weighted by atomic mass is 32.2. The Balaban J connectivity index is 2.38. The third kappa shape index (κ3) is 2.74. The number of hydrogen-bond donors (Lipinski definition) is 0. The molecule has 0 N–H and O–H groups in total. The van der Waals surface area contributed by atoms with Gasteiger partial charge in [0.2, 0.25) is 0 Å². The first-order chi connectivity index (χ1) is 9.04. The van der Waals surface area contributed by atoms with Crippen molar-refractivity contribution in [1.29, 1.82) is 0 Å². The fraction of sp³-hybridized carbons (Fsp3) is 0.0769. The van der Waals surface area contributed by atoms with Gasteiger partial charge in [-0.2, -0.15) is 0 Å². The van der Waals surface area contributed by atoms with E-state index in [4.69, 9.17) is 12.2 Å². The number of amides is 1. The van der Waals surface area contributed by atoms with Gasteiger partial charge < -0.3 is 0 Å². The number of carbonyl (C=O) groups is 1. The summed E-state index contributed by atoms with van der Waals surface area (Å²) in [4.78, 5) is 13.5. The van der Waals surface area contributed by atoms with Crippen LogP contribution < -0.4 is 0 Å². The van der Waals surface area contributed by atoms with Crippen molar-refractivity contribution < 1.29 is 13.6 Å². The molecule has 1 aliphatic rings. The molecule has 19 heavy (non-hydrogen) atoms. The van der Waals surface area contributed by atoms with Gasteiger partial charge in [0.05, 0.1) is 4.91 Å². The number of nitrogens with zero attached hydrogens (tertiary/aromatic N) is 1. The molecule has 6 heteroatoms. The number of thiocarbonyl (C=S) groups is 1. The Kier molecular flexibility index (Phi) is 4.11. The molecule has 1 heterocycles. The van der Waals surface area contributed by atoms with E-state index in [1.54, 1.807) is 0 Å². The molecule has 1 aromatic rings. The van der Waals surface area contributed by atoms with Crippen molar-refractivity contribution in [2.75, 3.05) is 6.54 Å². The van der Waals surface area contributed by atoms with Crippen LogP contribution >= 0.6 is 24.0 Å². The van der Waals surface area contributed by atoms with Crippen molar-refractivity contribution in [3.8, 4) is 0 Å². The molecule has 0 aliphatic carbocycles. The summed E-state index contributed by atoms with van der Waals surface area (Å²) in [6.07, 6.45) is 2.73. The lowest BCUT2D eigenvalue weighted by Crippen LogP contribution is -2.27. The summed E-state index contributed by atoms with van der Waals surface area (Å²) < 4.78 is 27.4. The maximum atomic E-state index is 13.5. The van der Waals surface area contributed by atoms with Crippen LogP contribution in [0.2, 0.25) is 0 Å². The van der Waals surface area contributed by atoms with E-state index < -0.39 is 11.6 Å². The zero-order chi connectivity index (χ0) is 14.0. The fourth-order valence-electron chi connectivity index (χ4n) is 1.57. The Morgan fingerprint density at radius 1 is 1.37 bits per heavy atom. The molecular weight excluding hydrogens is 288 g/mol. The van der Waals surface area contributed by atoms with E-state index in [9.17, 15) is 13.6 Å². The number of carbonyl (C=O) groups excluding carboxylic acids is 1. The summed E-state index contributed by atoms with van der Waals surface area (Å²) in [5, 5.41) is 0. The maximum absolute atomic E-state index is 13.5. The average Bonchev–Trinajstić information content (AvgIpc) is 2.62. The number of benzene rings is 1. The predicted octanol–water partition coefficient (Wildman–Crippen LogP) is 3.35. The molecule has 1 amide bonds. The zero-order valence-corrected chi connectivity index (χ0v) is 11.4. The van der Waals surface area contributed by atoms with Gasteiger partial charge in [-0.3, -0.25) is 9.69 Å². The Morgan fingerprint density at radius 3 is 2.58 bits per heavy atom. The first kappa shape index (κ1) is 13.9. The highest BCUT2D eigenvalue weighted by Crippen LogP contribution is 2.33. The molecule has 1 saturated heterocycles. The zero-order valence-electron chi connectivity index (χ0n) is 9.73. The quantitative estimate of drug-likeness (QED) is 0.485. The van der Waals surface area contributed by atoms with Crippen LogP contribution in [0, 0.1) is 11.6 Å². The van der Waals surface area contributed by atoms with Gasteiger partial charge in [0, 0.05) is 12.1 Å². The molecule has 0 unspecified atom stereocenters. The van der Waals surface area contributed by atoms with E-state index in [0.717, 1.165) is 23.9 Å². The Hall–Kier alpha value is -1.53. The molecular formula is C13H9F2NOS2. The highest BCUT2D eigenvalue weighted by Gasteiger charge is 2.31. The Bertz CT molecular complexity index is 578. The number of thioether (sulfide) groups is 1. The minimum atomic E-state index is -0.714. The Morgan fingerprint density at radius 2 is 2.00 bits per heavy atom. The third-order valence-corrected chi connectivity index (χ3v) is 3.84. The third-order valence-electron chi connectivity index (χ3n) is 2.46. The molecule has 0 atom stereocenters. The van der Waals surface area contributed by atoms with Gasteiger partial charge in [0.15, 0.2) is 0 Å². The first-order valence-corrected chi connectivity index (χ1v) is 6.57. The van der Waals surface area contributed by atoms with Crippen LogP contribution in [0.3, 0.4) is 0 Å². The lowest BCUT2D eigenvalue weighted by molar-refractivity contribution is -0.121. The minimum Gasteiger partial charge on any atom is -0.289 e. The monoisotopic (exact) mass is 297 g/mol. The van der Waals surface area contributed by atoms with Crippen LogP contribution in [0.1, 0.15) is 5.56 Å². The summed E-state index contributed by atoms with van der Waals surface area (Å²) in [5.74, 6) is -1.79. The minimum absolute atomic E-state index is 0.204. The molecule has 1 aromatic carbocycles. The van der Waals surface area contributed by atoms with E-state index in [0.29, 0.717) is 4.32 Å². The van der Waals surface area contributed by atoms with Crippen LogP contribution in [0.5, 0.6) is 0 Å². The van der Waals surface area contributed by atoms with E-state index >= 15 is 0 Å². The molecule has 98 valence electrons. The van der Waals surface area contributed by atoms with Crippen LogP contribution in [-0.4, -0.2) is 21.7 Å². The van der Waals surface area contributed by atoms with Gasteiger partial charge in [-0.25, -0.2) is 8.78 Å². The maximum Gasteiger partial charge on any atom is 0.266 e. The van der Waals surface area contributed by atoms with Crippen LogP contribution in [-0.2, 0) is 4.79 Å². The van der Waals surface area contributed by atoms with Crippen LogP contribution in [0.25, 0.3) is 6.08 Å². The summed E-state index contributed by atoms with van der Waals surface area (Å²) in [7, 11) is 0. The van der Waals surface area contributed by atoms with E-state index in [-0.39, 0.29) is 22.9 Å². The highest BCUT2D eigenvalue weighted by molar-refractivity contribution is 8.26. The second-order valence-corrected chi connectivity index (χ2v) is 5.39. The van der Waals surface area contributed by atoms with Crippen molar-refractivity contribution in [3.63, 3.8) is 0 Å². The molecule has 2 nitrogen and oxygen atoms in total. The van der Waals surface area contributed by atoms with Gasteiger partial charge in [-0.05, 0) is 18.2 Å². The number of halogens is 2. The SMILES string of the molecule is C=CCN1C(=O)C(=Cc2c(F)cccc2F)SC1=S. The molecule has 1 fully saturated rings. The summed E-state index contributed by atoms with van der Waals surface area (Å²) in [6, 6.07) is 3.55. The average molecular weight is 297 g/mol. The van der Waals surface area contributed by atoms with Gasteiger partial charge in [0.1, 0.15) is 16.0 Å². The molecule has 0 saturated carbocycles. The molecule has 0 aromatic heterocycles. The predicted molar refractivity (Wildman–Crippen MR) is 76.4 cm³/mol. The summed E-state index contributed by atoms with van der Waals surface area (Å²) in [5.41, 5.74) is -0.235. The standard InChI is InChI=1S/C13H9F2NOS2/c1-2-6-16-12(17)11(19-13(16)18)7-8-9(14)4-3-5-10(8)15/h2-5,7H,1,6H2. The van der Waals surface area contributed by atoms with Crippen LogP contribution in [0.4, 0.5) is 8.78 Å². The topological polar surface area (TPSA) is 20.3 Å². The lowest BCUT2D eigenvalue weighted by atomic mass is 10.2. The molecule has 0 bridgehead atoms. The second-order valence-electron chi connectivity index (χ2n) is 3.72. The van der Waals surface area contributed by atoms with E-state index in [2.05, 4.69) is 6.58 Å². The summed E-state index contributed by atoms with van der Waals surface area (Å²) in [6.45, 7) is 3.81. The van der Waals surface area contributed by atoms with Crippen molar-refractivity contribution in [1.82, 2.24) is 4.90 Å². The normalized spacial score (nSPS) is 17.4. The van der Waals surface area contributed by atoms with Gasteiger partial charge in [-0.15, -0.1) is 6.58 Å². The molecule has 0 spiro atoms. The van der Waals surface area contributed by atoms with Gasteiger partial charge >= 0.3 is 0 Å². The van der Waals surface area contributed by atoms with Gasteiger partial charge in [-0.1, -0.05) is 36.1 Å². The largest absolute Gasteiger partial charge is 0.289 e. The van der Waals surface area contributed by atoms with Crippen molar-refractivity contribution >= 4 is 40.3 Å². The second kappa shape index (κ2) is 5.63. The van der Waals surface area contributed by atoms with E-state index in [1.807, 2.05) is 0 Å². The molecule has 1 aliphatic heterocycles. The fourth-order valence-corrected chi connectivity index (χ4v) is 2.82. The first-order valence-electron chi connectivity index (χ1n) is 5.35. The van der Waals surface area contributed by atoms with Crippen molar-refractivity contribution in [2.24, 2.45) is 0 Å². The van der Waals surface area contributed by atoms with Gasteiger partial charge in [0.25, 0.3) is 5.91 Å². The summed E-state index contributed by atoms with van der Waals surface area (Å²) >= 11 is 6.06. The van der Waals surface area contributed by atoms with Crippen molar-refractivity contribution in [3.05, 3.63) is 53.0 Å². The van der Waals surface area contributed by atoms with Crippen LogP contribution in [0.15, 0.2) is 35.8 Å². The van der Waals surface area contributed by atoms with Crippen molar-refractivity contribution in [2.45, 2.75) is 0 Å². The Labute approximate surface area is 118 Å². The molecule has 0 radical (unpaired) electrons. The van der Waals surface area contributed by atoms with E-state index in [1.165, 1.54) is 23.1 Å². The number of rotatable bonds is 3.